The van der Waals surface area contributed by atoms with Gasteiger partial charge in [-0.05, 0) is 72.7 Å². The van der Waals surface area contributed by atoms with E-state index in [1.807, 2.05) is 6.92 Å². The third kappa shape index (κ3) is 3.02. The van der Waals surface area contributed by atoms with Gasteiger partial charge in [-0.3, -0.25) is 4.79 Å². The van der Waals surface area contributed by atoms with Crippen LogP contribution in [-0.2, 0) is 16.3 Å². The molecule has 21 heavy (non-hydrogen) atoms. The van der Waals surface area contributed by atoms with Crippen LogP contribution in [-0.4, -0.2) is 19.4 Å². The predicted molar refractivity (Wildman–Crippen MR) is 82.8 cm³/mol. The maximum absolute atomic E-state index is 12.8. The molecule has 0 aliphatic heterocycles. The normalized spacial score (nSPS) is 18.8. The van der Waals surface area contributed by atoms with E-state index in [2.05, 4.69) is 0 Å². The molecule has 0 radical (unpaired) electrons. The fourth-order valence-electron chi connectivity index (χ4n) is 2.92. The Bertz CT molecular complexity index is 686. The van der Waals surface area contributed by atoms with Gasteiger partial charge in [-0.15, -0.1) is 0 Å². The number of hydrogen-bond acceptors (Lipinski definition) is 3. The van der Waals surface area contributed by atoms with E-state index in [9.17, 15) is 13.2 Å². The Balaban J connectivity index is 2.19. The van der Waals surface area contributed by atoms with E-state index in [0.717, 1.165) is 31.2 Å². The highest BCUT2D eigenvalue weighted by molar-refractivity contribution is 7.91. The molecule has 0 N–H and O–H groups in total. The number of halogens is 1. The minimum atomic E-state index is -3.34. The number of hydrogen-bond donors (Lipinski definition) is 0. The van der Waals surface area contributed by atoms with E-state index < -0.39 is 15.1 Å². The van der Waals surface area contributed by atoms with E-state index in [1.165, 1.54) is 0 Å². The van der Waals surface area contributed by atoms with Gasteiger partial charge in [-0.25, -0.2) is 8.42 Å². The Morgan fingerprint density at radius 3 is 2.38 bits per heavy atom. The first-order valence-corrected chi connectivity index (χ1v) is 9.55. The first-order valence-electron chi connectivity index (χ1n) is 7.52. The zero-order chi connectivity index (χ0) is 15.2. The molecule has 2 saturated carbocycles. The summed E-state index contributed by atoms with van der Waals surface area (Å²) in [5.74, 6) is 0.680. The summed E-state index contributed by atoms with van der Waals surface area (Å²) >= 11 is 5.68. The van der Waals surface area contributed by atoms with Crippen LogP contribution in [0.4, 0.5) is 0 Å². The summed E-state index contributed by atoms with van der Waals surface area (Å²) in [5, 5.41) is -0.553. The predicted octanol–water partition coefficient (Wildman–Crippen LogP) is 3.69. The second-order valence-corrected chi connectivity index (χ2v) is 8.46. The summed E-state index contributed by atoms with van der Waals surface area (Å²) in [6, 6.07) is 3.44. The molecule has 0 aromatic heterocycles. The minimum Gasteiger partial charge on any atom is -0.276 e. The first-order chi connectivity index (χ1) is 9.94. The summed E-state index contributed by atoms with van der Waals surface area (Å²) in [6.45, 7) is 1.95. The van der Waals surface area contributed by atoms with Crippen molar-refractivity contribution in [1.82, 2.24) is 0 Å². The average Bonchev–Trinajstić information content (AvgIpc) is 3.29. The number of rotatable bonds is 6. The molecular formula is C16H19ClO3S. The Morgan fingerprint density at radius 2 is 1.90 bits per heavy atom. The van der Waals surface area contributed by atoms with Gasteiger partial charge < -0.3 is 0 Å². The summed E-state index contributed by atoms with van der Waals surface area (Å²) in [7, 11) is -3.34. The Labute approximate surface area is 130 Å². The van der Waals surface area contributed by atoms with Crippen molar-refractivity contribution < 1.29 is 13.2 Å². The lowest BCUT2D eigenvalue weighted by Gasteiger charge is -2.17. The van der Waals surface area contributed by atoms with Crippen LogP contribution in [0.3, 0.4) is 0 Å². The van der Waals surface area contributed by atoms with Crippen LogP contribution in [0, 0.1) is 5.92 Å². The van der Waals surface area contributed by atoms with E-state index in [-0.39, 0.29) is 11.7 Å². The lowest BCUT2D eigenvalue weighted by Crippen LogP contribution is -2.15. The van der Waals surface area contributed by atoms with Crippen molar-refractivity contribution in [1.29, 1.82) is 0 Å². The lowest BCUT2D eigenvalue weighted by molar-refractivity contribution is 0.108. The number of sulfone groups is 1. The molecule has 114 valence electrons. The van der Waals surface area contributed by atoms with Gasteiger partial charge in [-0.2, -0.15) is 0 Å². The molecule has 1 aromatic rings. The molecular weight excluding hydrogens is 308 g/mol. The van der Waals surface area contributed by atoms with Gasteiger partial charge >= 0.3 is 0 Å². The molecule has 0 heterocycles. The van der Waals surface area contributed by atoms with Crippen molar-refractivity contribution in [3.63, 3.8) is 0 Å². The van der Waals surface area contributed by atoms with E-state index in [1.54, 1.807) is 12.1 Å². The SMILES string of the molecule is CCc1ccc(C(=O)Cl)c(C2CC2)c1S(=O)(=O)CC1CC1. The maximum atomic E-state index is 12.8. The highest BCUT2D eigenvalue weighted by Gasteiger charge is 2.37. The smallest absolute Gasteiger partial charge is 0.252 e. The quantitative estimate of drug-likeness (QED) is 0.749. The molecule has 0 unspecified atom stereocenters. The molecule has 3 nitrogen and oxygen atoms in total. The topological polar surface area (TPSA) is 51.2 Å². The molecule has 2 aliphatic rings. The molecule has 3 rings (SSSR count). The van der Waals surface area contributed by atoms with Crippen LogP contribution in [0.15, 0.2) is 17.0 Å². The minimum absolute atomic E-state index is 0.179. The average molecular weight is 327 g/mol. The summed E-state index contributed by atoms with van der Waals surface area (Å²) in [4.78, 5) is 12.1. The molecule has 0 spiro atoms. The van der Waals surface area contributed by atoms with Crippen LogP contribution in [0.5, 0.6) is 0 Å². The molecule has 2 aliphatic carbocycles. The maximum Gasteiger partial charge on any atom is 0.252 e. The summed E-state index contributed by atoms with van der Waals surface area (Å²) in [5.41, 5.74) is 1.89. The first kappa shape index (κ1) is 15.0. The van der Waals surface area contributed by atoms with Gasteiger partial charge in [0.2, 0.25) is 0 Å². The van der Waals surface area contributed by atoms with Crippen molar-refractivity contribution in [2.24, 2.45) is 5.92 Å². The Morgan fingerprint density at radius 1 is 1.24 bits per heavy atom. The number of aryl methyl sites for hydroxylation is 1. The van der Waals surface area contributed by atoms with Crippen molar-refractivity contribution in [3.8, 4) is 0 Å². The van der Waals surface area contributed by atoms with Gasteiger partial charge in [0.15, 0.2) is 9.84 Å². The van der Waals surface area contributed by atoms with Crippen LogP contribution in [0.25, 0.3) is 0 Å². The van der Waals surface area contributed by atoms with Crippen molar-refractivity contribution in [2.45, 2.75) is 49.8 Å². The third-order valence-corrected chi connectivity index (χ3v) is 6.54. The zero-order valence-electron chi connectivity index (χ0n) is 12.1. The molecule has 5 heteroatoms. The van der Waals surface area contributed by atoms with Crippen molar-refractivity contribution in [2.75, 3.05) is 5.75 Å². The standard InChI is InChI=1S/C16H19ClO3S/c1-2-11-7-8-13(16(17)18)14(12-5-6-12)15(11)21(19,20)9-10-3-4-10/h7-8,10,12H,2-6,9H2,1H3. The van der Waals surface area contributed by atoms with Crippen molar-refractivity contribution >= 4 is 26.7 Å². The fourth-order valence-corrected chi connectivity index (χ4v) is 5.43. The van der Waals surface area contributed by atoms with E-state index >= 15 is 0 Å². The Kier molecular flexibility index (Phi) is 3.87. The third-order valence-electron chi connectivity index (χ3n) is 4.32. The van der Waals surface area contributed by atoms with Gasteiger partial charge in [-0.1, -0.05) is 13.0 Å². The highest BCUT2D eigenvalue weighted by Crippen LogP contribution is 2.47. The second kappa shape index (κ2) is 5.40. The van der Waals surface area contributed by atoms with Crippen LogP contribution >= 0.6 is 11.6 Å². The van der Waals surface area contributed by atoms with Gasteiger partial charge in [0.25, 0.3) is 5.24 Å². The molecule has 0 saturated heterocycles. The summed E-state index contributed by atoms with van der Waals surface area (Å²) in [6.07, 6.45) is 4.52. The molecule has 2 fully saturated rings. The van der Waals surface area contributed by atoms with E-state index in [0.29, 0.717) is 28.4 Å². The molecule has 0 bridgehead atoms. The largest absolute Gasteiger partial charge is 0.276 e. The molecule has 1 aromatic carbocycles. The van der Waals surface area contributed by atoms with Gasteiger partial charge in [0.1, 0.15) is 0 Å². The molecule has 0 amide bonds. The van der Waals surface area contributed by atoms with Crippen LogP contribution in [0.2, 0.25) is 0 Å². The number of carbonyl (C=O) groups is 1. The zero-order valence-corrected chi connectivity index (χ0v) is 13.6. The number of carbonyl (C=O) groups excluding carboxylic acids is 1. The summed E-state index contributed by atoms with van der Waals surface area (Å²) < 4.78 is 25.7. The number of benzene rings is 1. The molecule has 0 atom stereocenters. The van der Waals surface area contributed by atoms with Crippen LogP contribution in [0.1, 0.15) is 60.0 Å². The van der Waals surface area contributed by atoms with Gasteiger partial charge in [0, 0.05) is 5.56 Å². The van der Waals surface area contributed by atoms with Gasteiger partial charge in [0.05, 0.1) is 10.6 Å². The second-order valence-electron chi connectivity index (χ2n) is 6.14. The monoisotopic (exact) mass is 326 g/mol. The Hall–Kier alpha value is -0.870. The van der Waals surface area contributed by atoms with Crippen LogP contribution < -0.4 is 0 Å². The van der Waals surface area contributed by atoms with E-state index in [4.69, 9.17) is 11.6 Å². The lowest BCUT2D eigenvalue weighted by atomic mass is 9.99. The highest BCUT2D eigenvalue weighted by atomic mass is 35.5. The fraction of sp³-hybridized carbons (Fsp3) is 0.562. The van der Waals surface area contributed by atoms with Crippen molar-refractivity contribution in [3.05, 3.63) is 28.8 Å².